The number of H-pyrrole nitrogens is 1. The maximum Gasteiger partial charge on any atom is 0.309 e. The highest BCUT2D eigenvalue weighted by atomic mass is 16.4. The summed E-state index contributed by atoms with van der Waals surface area (Å²) in [5.41, 5.74) is 1.39. The van der Waals surface area contributed by atoms with Gasteiger partial charge in [0.1, 0.15) is 0 Å². The third-order valence-corrected chi connectivity index (χ3v) is 1.97. The van der Waals surface area contributed by atoms with Crippen LogP contribution in [0.3, 0.4) is 0 Å². The molecule has 0 bridgehead atoms. The fourth-order valence-corrected chi connectivity index (χ4v) is 1.34. The van der Waals surface area contributed by atoms with E-state index in [4.69, 9.17) is 9.52 Å². The van der Waals surface area contributed by atoms with Gasteiger partial charge in [0, 0.05) is 12.6 Å². The van der Waals surface area contributed by atoms with Crippen molar-refractivity contribution in [2.75, 3.05) is 0 Å². The van der Waals surface area contributed by atoms with Gasteiger partial charge in [0.25, 0.3) is 0 Å². The Morgan fingerprint density at radius 3 is 3.00 bits per heavy atom. The minimum absolute atomic E-state index is 0.0207. The lowest BCUT2D eigenvalue weighted by molar-refractivity contribution is -0.136. The van der Waals surface area contributed by atoms with Crippen LogP contribution in [0.1, 0.15) is 11.6 Å². The molecule has 5 nitrogen and oxygen atoms in total. The van der Waals surface area contributed by atoms with Crippen LogP contribution in [0.2, 0.25) is 0 Å². The number of hydrogen-bond acceptors (Lipinski definition) is 3. The number of hydrogen-bond donors (Lipinski definition) is 2. The summed E-state index contributed by atoms with van der Waals surface area (Å²) in [4.78, 5) is 17.4. The zero-order valence-electron chi connectivity index (χ0n) is 8.15. The van der Waals surface area contributed by atoms with E-state index in [-0.39, 0.29) is 6.42 Å². The fourth-order valence-electron chi connectivity index (χ4n) is 1.34. The Hall–Kier alpha value is -2.04. The number of nitrogens with one attached hydrogen (secondary N) is 1. The molecule has 0 aromatic carbocycles. The van der Waals surface area contributed by atoms with Crippen LogP contribution in [0.5, 0.6) is 0 Å². The zero-order valence-corrected chi connectivity index (χ0v) is 8.15. The first-order chi connectivity index (χ1) is 7.15. The number of carbonyl (C=O) groups is 1. The molecule has 0 unspecified atom stereocenters. The van der Waals surface area contributed by atoms with E-state index < -0.39 is 5.97 Å². The third-order valence-electron chi connectivity index (χ3n) is 1.97. The summed E-state index contributed by atoms with van der Waals surface area (Å²) in [7, 11) is 0. The van der Waals surface area contributed by atoms with Gasteiger partial charge in [-0.05, 0) is 12.1 Å². The molecule has 0 saturated heterocycles. The summed E-state index contributed by atoms with van der Waals surface area (Å²) in [5.74, 6) is 0.334. The second kappa shape index (κ2) is 3.61. The Kier molecular flexibility index (Phi) is 2.29. The van der Waals surface area contributed by atoms with E-state index in [1.165, 1.54) is 0 Å². The van der Waals surface area contributed by atoms with Gasteiger partial charge in [0.15, 0.2) is 11.7 Å². The standard InChI is InChI=1S/C10H10N2O3/c1-6-11-5-9(15-6)8-3-2-7(12-8)4-10(13)14/h2-3,5,12H,4H2,1H3,(H,13,14). The first-order valence-electron chi connectivity index (χ1n) is 4.47. The molecule has 0 amide bonds. The van der Waals surface area contributed by atoms with Crippen LogP contribution in [0.15, 0.2) is 22.7 Å². The smallest absolute Gasteiger partial charge is 0.309 e. The molecular weight excluding hydrogens is 196 g/mol. The largest absolute Gasteiger partial charge is 0.481 e. The van der Waals surface area contributed by atoms with Gasteiger partial charge < -0.3 is 14.5 Å². The normalized spacial score (nSPS) is 10.5. The van der Waals surface area contributed by atoms with Gasteiger partial charge in [-0.3, -0.25) is 4.79 Å². The van der Waals surface area contributed by atoms with Crippen molar-refractivity contribution >= 4 is 5.97 Å². The fraction of sp³-hybridized carbons (Fsp3) is 0.200. The highest BCUT2D eigenvalue weighted by Crippen LogP contribution is 2.19. The molecule has 0 spiro atoms. The lowest BCUT2D eigenvalue weighted by atomic mass is 10.3. The van der Waals surface area contributed by atoms with E-state index in [9.17, 15) is 4.79 Å². The average Bonchev–Trinajstić information content (AvgIpc) is 2.72. The lowest BCUT2D eigenvalue weighted by Crippen LogP contribution is -1.99. The number of aliphatic carboxylic acids is 1. The molecule has 15 heavy (non-hydrogen) atoms. The van der Waals surface area contributed by atoms with E-state index in [1.807, 2.05) is 0 Å². The van der Waals surface area contributed by atoms with Gasteiger partial charge in [-0.25, -0.2) is 4.98 Å². The van der Waals surface area contributed by atoms with Crippen molar-refractivity contribution in [3.05, 3.63) is 29.9 Å². The molecule has 0 radical (unpaired) electrons. The van der Waals surface area contributed by atoms with Gasteiger partial charge in [-0.15, -0.1) is 0 Å². The highest BCUT2D eigenvalue weighted by molar-refractivity contribution is 5.70. The van der Waals surface area contributed by atoms with Crippen LogP contribution in [-0.2, 0) is 11.2 Å². The van der Waals surface area contributed by atoms with Crippen LogP contribution in [0.4, 0.5) is 0 Å². The molecule has 0 saturated carbocycles. The minimum Gasteiger partial charge on any atom is -0.481 e. The van der Waals surface area contributed by atoms with Gasteiger partial charge in [0.05, 0.1) is 18.3 Å². The van der Waals surface area contributed by atoms with Crippen molar-refractivity contribution in [2.45, 2.75) is 13.3 Å². The maximum atomic E-state index is 10.5. The molecule has 2 rings (SSSR count). The predicted molar refractivity (Wildman–Crippen MR) is 52.4 cm³/mol. The summed E-state index contributed by atoms with van der Waals surface area (Å²) in [6.07, 6.45) is 1.58. The van der Waals surface area contributed by atoms with Gasteiger partial charge in [-0.2, -0.15) is 0 Å². The summed E-state index contributed by atoms with van der Waals surface area (Å²) < 4.78 is 5.30. The van der Waals surface area contributed by atoms with Crippen LogP contribution in [-0.4, -0.2) is 21.0 Å². The van der Waals surface area contributed by atoms with Crippen LogP contribution in [0.25, 0.3) is 11.5 Å². The summed E-state index contributed by atoms with van der Waals surface area (Å²) in [5, 5.41) is 8.60. The van der Waals surface area contributed by atoms with Gasteiger partial charge in [-0.1, -0.05) is 0 Å². The van der Waals surface area contributed by atoms with Crippen LogP contribution >= 0.6 is 0 Å². The second-order valence-electron chi connectivity index (χ2n) is 3.21. The first-order valence-corrected chi connectivity index (χ1v) is 4.47. The van der Waals surface area contributed by atoms with E-state index in [2.05, 4.69) is 9.97 Å². The monoisotopic (exact) mass is 206 g/mol. The van der Waals surface area contributed by atoms with Crippen molar-refractivity contribution in [1.29, 1.82) is 0 Å². The molecule has 2 aromatic heterocycles. The first kappa shape index (κ1) is 9.51. The minimum atomic E-state index is -0.864. The van der Waals surface area contributed by atoms with Gasteiger partial charge >= 0.3 is 5.97 Å². The Morgan fingerprint density at radius 2 is 2.40 bits per heavy atom. The summed E-state index contributed by atoms with van der Waals surface area (Å²) >= 11 is 0. The van der Waals surface area contributed by atoms with Crippen molar-refractivity contribution < 1.29 is 14.3 Å². The van der Waals surface area contributed by atoms with Crippen LogP contribution in [0, 0.1) is 6.92 Å². The highest BCUT2D eigenvalue weighted by Gasteiger charge is 2.08. The zero-order chi connectivity index (χ0) is 10.8. The van der Waals surface area contributed by atoms with E-state index in [0.29, 0.717) is 17.3 Å². The maximum absolute atomic E-state index is 10.5. The number of aryl methyl sites for hydroxylation is 1. The topological polar surface area (TPSA) is 79.1 Å². The Labute approximate surface area is 85.8 Å². The second-order valence-corrected chi connectivity index (χ2v) is 3.21. The van der Waals surface area contributed by atoms with E-state index in [1.54, 1.807) is 25.3 Å². The Balaban J connectivity index is 2.23. The number of aromatic nitrogens is 2. The molecule has 0 aliphatic carbocycles. The number of oxazole rings is 1. The molecule has 0 atom stereocenters. The number of aromatic amines is 1. The molecule has 0 fully saturated rings. The molecule has 78 valence electrons. The lowest BCUT2D eigenvalue weighted by Gasteiger charge is -1.91. The molecule has 0 aliphatic rings. The molecular formula is C10H10N2O3. The predicted octanol–water partition coefficient (Wildman–Crippen LogP) is 1.61. The summed E-state index contributed by atoms with van der Waals surface area (Å²) in [6, 6.07) is 3.50. The third kappa shape index (κ3) is 2.07. The van der Waals surface area contributed by atoms with Gasteiger partial charge in [0.2, 0.25) is 0 Å². The molecule has 2 aromatic rings. The number of nitrogens with zero attached hydrogens (tertiary/aromatic N) is 1. The quantitative estimate of drug-likeness (QED) is 0.799. The number of rotatable bonds is 3. The molecule has 5 heteroatoms. The van der Waals surface area contributed by atoms with E-state index >= 15 is 0 Å². The van der Waals surface area contributed by atoms with Crippen molar-refractivity contribution in [1.82, 2.24) is 9.97 Å². The Morgan fingerprint density at radius 1 is 1.60 bits per heavy atom. The molecule has 0 aliphatic heterocycles. The van der Waals surface area contributed by atoms with Crippen LogP contribution < -0.4 is 0 Å². The van der Waals surface area contributed by atoms with Crippen molar-refractivity contribution in [3.8, 4) is 11.5 Å². The SMILES string of the molecule is Cc1ncc(-c2ccc(CC(=O)O)[nH]2)o1. The number of carboxylic acids is 1. The summed E-state index contributed by atoms with van der Waals surface area (Å²) in [6.45, 7) is 1.75. The molecule has 2 heterocycles. The van der Waals surface area contributed by atoms with Crippen molar-refractivity contribution in [3.63, 3.8) is 0 Å². The molecule has 2 N–H and O–H groups in total. The van der Waals surface area contributed by atoms with Crippen molar-refractivity contribution in [2.24, 2.45) is 0 Å². The van der Waals surface area contributed by atoms with E-state index in [0.717, 1.165) is 5.69 Å². The Bertz CT molecular complexity index is 484. The average molecular weight is 206 g/mol. The number of carboxylic acid groups (broad SMARTS) is 1.